The molecule has 1 saturated heterocycles. The van der Waals surface area contributed by atoms with E-state index >= 15 is 0 Å². The molecule has 7 rings (SSSR count). The van der Waals surface area contributed by atoms with Gasteiger partial charge in [0.25, 0.3) is 11.6 Å². The van der Waals surface area contributed by atoms with Gasteiger partial charge in [0.05, 0.1) is 16.7 Å². The minimum Gasteiger partial charge on any atom is -0.455 e. The summed E-state index contributed by atoms with van der Waals surface area (Å²) >= 11 is 7.20. The lowest BCUT2D eigenvalue weighted by Gasteiger charge is -2.34. The molecule has 1 aliphatic heterocycles. The maximum absolute atomic E-state index is 13.7. The number of nitrogens with one attached hydrogen (secondary N) is 5. The quantitative estimate of drug-likeness (QED) is 0.0282. The van der Waals surface area contributed by atoms with Gasteiger partial charge >= 0.3 is 0 Å². The standard InChI is InChI=1S/C43H48ClN7O5S/c1-43(2)15-11-31(37(24-43)29-3-5-32(44)6-4-29)26-45-17-18-46-33-7-9-36(40(22-33)56-34-21-30-12-16-47-41(30)49-27-34)42(52)50-57-35-8-10-38(39(23-35)51(53)54)48-25-28-13-19-55-20-14-28/h3-10,12,16,21-23,27-28,45-46,48H,11,13-15,17-20,24-26H2,1-2H3,(H,47,49)(H,50,52). The van der Waals surface area contributed by atoms with Crippen LogP contribution in [0.1, 0.15) is 61.9 Å². The van der Waals surface area contributed by atoms with E-state index < -0.39 is 10.8 Å². The van der Waals surface area contributed by atoms with Crippen molar-refractivity contribution in [2.75, 3.05) is 50.0 Å². The van der Waals surface area contributed by atoms with Gasteiger partial charge in [-0.3, -0.25) is 19.6 Å². The first-order valence-corrected chi connectivity index (χ1v) is 20.5. The number of fused-ring (bicyclic) bond motifs is 1. The zero-order valence-corrected chi connectivity index (χ0v) is 33.7. The van der Waals surface area contributed by atoms with Gasteiger partial charge in [-0.25, -0.2) is 4.98 Å². The van der Waals surface area contributed by atoms with Crippen molar-refractivity contribution in [2.24, 2.45) is 11.3 Å². The van der Waals surface area contributed by atoms with E-state index in [0.717, 1.165) is 78.9 Å². The van der Waals surface area contributed by atoms with Gasteiger partial charge in [-0.15, -0.1) is 0 Å². The number of nitrogens with zero attached hydrogens (tertiary/aromatic N) is 2. The molecule has 0 saturated carbocycles. The molecule has 12 nitrogen and oxygen atoms in total. The van der Waals surface area contributed by atoms with Crippen LogP contribution in [0.3, 0.4) is 0 Å². The zero-order valence-electron chi connectivity index (χ0n) is 32.2. The number of H-pyrrole nitrogens is 1. The summed E-state index contributed by atoms with van der Waals surface area (Å²) in [6, 6.07) is 22.2. The van der Waals surface area contributed by atoms with Crippen LogP contribution in [0.5, 0.6) is 11.5 Å². The largest absolute Gasteiger partial charge is 0.455 e. The third kappa shape index (κ3) is 10.7. The molecule has 0 unspecified atom stereocenters. The molecule has 5 aromatic rings. The second-order valence-electron chi connectivity index (χ2n) is 15.3. The summed E-state index contributed by atoms with van der Waals surface area (Å²) in [5.74, 6) is 0.796. The van der Waals surface area contributed by atoms with Crippen molar-refractivity contribution in [1.82, 2.24) is 20.0 Å². The third-order valence-electron chi connectivity index (χ3n) is 10.5. The fourth-order valence-corrected chi connectivity index (χ4v) is 8.02. The average molecular weight is 810 g/mol. The summed E-state index contributed by atoms with van der Waals surface area (Å²) in [6.45, 7) is 8.87. The number of nitro benzene ring substituents is 1. The molecule has 5 N–H and O–H groups in total. The number of anilines is 2. The minimum absolute atomic E-state index is 0.0516. The van der Waals surface area contributed by atoms with Gasteiger partial charge in [-0.2, -0.15) is 0 Å². The number of rotatable bonds is 16. The second kappa shape index (κ2) is 18.5. The molecule has 3 heterocycles. The molecule has 0 bridgehead atoms. The summed E-state index contributed by atoms with van der Waals surface area (Å²) in [5, 5.41) is 23.9. The molecule has 1 aliphatic carbocycles. The Morgan fingerprint density at radius 3 is 2.68 bits per heavy atom. The fourth-order valence-electron chi connectivity index (χ4n) is 7.27. The van der Waals surface area contributed by atoms with E-state index in [4.69, 9.17) is 21.1 Å². The first-order valence-electron chi connectivity index (χ1n) is 19.3. The van der Waals surface area contributed by atoms with Crippen LogP contribution < -0.4 is 25.4 Å². The maximum Gasteiger partial charge on any atom is 0.293 e. The first-order chi connectivity index (χ1) is 27.6. The Bertz CT molecular complexity index is 2240. The third-order valence-corrected chi connectivity index (χ3v) is 11.6. The summed E-state index contributed by atoms with van der Waals surface area (Å²) in [5.41, 5.74) is 6.52. The van der Waals surface area contributed by atoms with Crippen molar-refractivity contribution in [3.8, 4) is 11.5 Å². The maximum atomic E-state index is 13.7. The predicted molar refractivity (Wildman–Crippen MR) is 228 cm³/mol. The predicted octanol–water partition coefficient (Wildman–Crippen LogP) is 9.86. The van der Waals surface area contributed by atoms with Crippen molar-refractivity contribution in [3.63, 3.8) is 0 Å². The Labute approximate surface area is 341 Å². The van der Waals surface area contributed by atoms with Gasteiger partial charge < -0.3 is 30.4 Å². The lowest BCUT2D eigenvalue weighted by molar-refractivity contribution is -0.384. The molecular formula is C43H48ClN7O5S. The van der Waals surface area contributed by atoms with E-state index in [1.807, 2.05) is 30.3 Å². The number of carbonyl (C=O) groups is 1. The van der Waals surface area contributed by atoms with Crippen LogP contribution in [0.4, 0.5) is 17.1 Å². The normalized spacial score (nSPS) is 15.7. The monoisotopic (exact) mass is 809 g/mol. The smallest absolute Gasteiger partial charge is 0.293 e. The highest BCUT2D eigenvalue weighted by molar-refractivity contribution is 7.98. The van der Waals surface area contributed by atoms with Gasteiger partial charge in [-0.05, 0) is 115 Å². The minimum atomic E-state index is -0.413. The highest BCUT2D eigenvalue weighted by Crippen LogP contribution is 2.43. The average Bonchev–Trinajstić information content (AvgIpc) is 3.68. The SMILES string of the molecule is CC1(C)CCC(CNCCNc2ccc(C(=O)NSc3ccc(NCC4CCOCC4)c([N+](=O)[O-])c3)c(Oc3cnc4[nH]ccc4c3)c2)=C(c2ccc(Cl)cc2)C1. The van der Waals surface area contributed by atoms with Crippen molar-refractivity contribution in [2.45, 2.75) is 50.8 Å². The van der Waals surface area contributed by atoms with Crippen LogP contribution in [-0.2, 0) is 4.74 Å². The molecule has 298 valence electrons. The Hall–Kier alpha value is -5.08. The van der Waals surface area contributed by atoms with Crippen molar-refractivity contribution < 1.29 is 19.2 Å². The number of aromatic amines is 1. The zero-order chi connectivity index (χ0) is 39.8. The molecule has 0 spiro atoms. The number of nitro groups is 1. The Kier molecular flexibility index (Phi) is 13.0. The van der Waals surface area contributed by atoms with Crippen molar-refractivity contribution >= 4 is 63.1 Å². The van der Waals surface area contributed by atoms with Gasteiger partial charge in [0, 0.05) is 78.7 Å². The van der Waals surface area contributed by atoms with Gasteiger partial charge in [0.1, 0.15) is 22.8 Å². The number of ether oxygens (including phenoxy) is 2. The van der Waals surface area contributed by atoms with Crippen molar-refractivity contribution in [1.29, 1.82) is 0 Å². The molecule has 2 aliphatic rings. The van der Waals surface area contributed by atoms with Gasteiger partial charge in [0.2, 0.25) is 0 Å². The van der Waals surface area contributed by atoms with Crippen LogP contribution in [0.2, 0.25) is 5.02 Å². The first kappa shape index (κ1) is 40.1. The van der Waals surface area contributed by atoms with E-state index in [1.165, 1.54) is 22.8 Å². The molecule has 1 fully saturated rings. The van der Waals surface area contributed by atoms with E-state index in [1.54, 1.807) is 36.7 Å². The molecule has 0 radical (unpaired) electrons. The molecule has 3 aromatic carbocycles. The number of halogens is 1. The molecule has 2 aromatic heterocycles. The van der Waals surface area contributed by atoms with Gasteiger partial charge in [0.15, 0.2) is 0 Å². The number of pyridine rings is 1. The Morgan fingerprint density at radius 1 is 1.05 bits per heavy atom. The number of amides is 1. The number of aromatic nitrogens is 2. The van der Waals surface area contributed by atoms with Gasteiger partial charge in [-0.1, -0.05) is 43.2 Å². The van der Waals surface area contributed by atoms with Crippen LogP contribution >= 0.6 is 23.5 Å². The lowest BCUT2D eigenvalue weighted by Crippen LogP contribution is -2.27. The highest BCUT2D eigenvalue weighted by Gasteiger charge is 2.28. The molecule has 14 heteroatoms. The number of hydrogen-bond acceptors (Lipinski definition) is 10. The summed E-state index contributed by atoms with van der Waals surface area (Å²) < 4.78 is 14.6. The number of carbonyl (C=O) groups excluding carboxylic acids is 1. The second-order valence-corrected chi connectivity index (χ2v) is 16.7. The summed E-state index contributed by atoms with van der Waals surface area (Å²) in [4.78, 5) is 33.3. The van der Waals surface area contributed by atoms with Crippen LogP contribution in [0.25, 0.3) is 16.6 Å². The van der Waals surface area contributed by atoms with Crippen LogP contribution in [-0.4, -0.2) is 60.2 Å². The topological polar surface area (TPSA) is 155 Å². The molecule has 1 amide bonds. The van der Waals surface area contributed by atoms with Crippen LogP contribution in [0, 0.1) is 21.4 Å². The molecular weight excluding hydrogens is 762 g/mol. The summed E-state index contributed by atoms with van der Waals surface area (Å²) in [6.07, 6.45) is 8.47. The lowest BCUT2D eigenvalue weighted by atomic mass is 9.72. The highest BCUT2D eigenvalue weighted by atomic mass is 35.5. The fraction of sp³-hybridized carbons (Fsp3) is 0.349. The van der Waals surface area contributed by atoms with E-state index in [0.29, 0.717) is 59.9 Å². The Morgan fingerprint density at radius 2 is 1.88 bits per heavy atom. The van der Waals surface area contributed by atoms with E-state index in [9.17, 15) is 14.9 Å². The summed E-state index contributed by atoms with van der Waals surface area (Å²) in [7, 11) is 0. The van der Waals surface area contributed by atoms with E-state index in [2.05, 4.69) is 56.6 Å². The number of benzene rings is 3. The van der Waals surface area contributed by atoms with Crippen LogP contribution in [0.15, 0.2) is 95.7 Å². The molecule has 57 heavy (non-hydrogen) atoms. The molecule has 0 atom stereocenters. The number of hydrogen-bond donors (Lipinski definition) is 5. The number of allylic oxidation sites excluding steroid dienone is 1. The Balaban J connectivity index is 1.01. The van der Waals surface area contributed by atoms with Crippen molar-refractivity contribution in [3.05, 3.63) is 117 Å². The van der Waals surface area contributed by atoms with E-state index in [-0.39, 0.29) is 11.1 Å².